The van der Waals surface area contributed by atoms with E-state index in [-0.39, 0.29) is 23.6 Å². The number of methoxy groups -OCH3 is 1. The molecule has 0 aromatic heterocycles. The van der Waals surface area contributed by atoms with Crippen LogP contribution in [0.3, 0.4) is 0 Å². The van der Waals surface area contributed by atoms with Crippen LogP contribution in [0.25, 0.3) is 0 Å². The van der Waals surface area contributed by atoms with Gasteiger partial charge in [-0.1, -0.05) is 24.8 Å². The highest BCUT2D eigenvalue weighted by molar-refractivity contribution is 6.58. The van der Waals surface area contributed by atoms with Gasteiger partial charge < -0.3 is 9.84 Å². The largest absolute Gasteiger partial charge is 0.508 e. The summed E-state index contributed by atoms with van der Waals surface area (Å²) in [6.45, 7) is 3.82. The summed E-state index contributed by atoms with van der Waals surface area (Å²) in [5, 5.41) is 9.87. The van der Waals surface area contributed by atoms with Crippen LogP contribution in [0.5, 0.6) is 11.5 Å². The number of amides is 2. The number of nitrogens with zero attached hydrogens (tertiary/aromatic N) is 1. The number of aromatic hydroxyl groups is 1. The first-order valence-corrected chi connectivity index (χ1v) is 10.2. The topological polar surface area (TPSA) is 66.8 Å². The van der Waals surface area contributed by atoms with Gasteiger partial charge in [-0.3, -0.25) is 9.59 Å². The van der Waals surface area contributed by atoms with E-state index in [9.17, 15) is 19.1 Å². The molecule has 1 saturated heterocycles. The van der Waals surface area contributed by atoms with E-state index < -0.39 is 33.3 Å². The summed E-state index contributed by atoms with van der Waals surface area (Å²) >= 11 is 13.9. The second kappa shape index (κ2) is 7.39. The van der Waals surface area contributed by atoms with Gasteiger partial charge in [0.25, 0.3) is 11.8 Å². The van der Waals surface area contributed by atoms with Crippen molar-refractivity contribution in [3.8, 4) is 11.5 Å². The first-order chi connectivity index (χ1) is 14.7. The molecule has 0 unspecified atom stereocenters. The molecular weight excluding hydrogens is 444 g/mol. The van der Waals surface area contributed by atoms with Crippen LogP contribution in [0, 0.1) is 5.82 Å². The third-order valence-electron chi connectivity index (χ3n) is 5.83. The maximum absolute atomic E-state index is 13.7. The highest BCUT2D eigenvalue weighted by atomic mass is 35.5. The fourth-order valence-electron chi connectivity index (χ4n) is 4.31. The Morgan fingerprint density at radius 1 is 1.19 bits per heavy atom. The number of phenolic OH excluding ortho intramolecular Hbond substituents is 1. The first-order valence-electron chi connectivity index (χ1n) is 9.40. The Bertz CT molecular complexity index is 1130. The summed E-state index contributed by atoms with van der Waals surface area (Å²) in [7, 11) is 1.42. The number of imide groups is 1. The molecule has 1 aliphatic carbocycles. The summed E-state index contributed by atoms with van der Waals surface area (Å²) < 4.78 is 18.8. The van der Waals surface area contributed by atoms with Crippen LogP contribution in [0.15, 0.2) is 66.8 Å². The maximum Gasteiger partial charge on any atom is 0.258 e. The van der Waals surface area contributed by atoms with Gasteiger partial charge in [0, 0.05) is 17.5 Å². The minimum absolute atomic E-state index is 0.00141. The Morgan fingerprint density at radius 2 is 1.87 bits per heavy atom. The third kappa shape index (κ3) is 2.89. The molecule has 1 aliphatic heterocycles. The minimum atomic E-state index is -1.91. The van der Waals surface area contributed by atoms with E-state index in [4.69, 9.17) is 27.9 Å². The molecule has 0 spiro atoms. The Balaban J connectivity index is 1.95. The van der Waals surface area contributed by atoms with Gasteiger partial charge >= 0.3 is 0 Å². The highest BCUT2D eigenvalue weighted by Gasteiger charge is 2.73. The smallest absolute Gasteiger partial charge is 0.258 e. The number of allylic oxidation sites excluding steroid dienone is 3. The lowest BCUT2D eigenvalue weighted by Gasteiger charge is -2.42. The van der Waals surface area contributed by atoms with E-state index in [0.29, 0.717) is 11.1 Å². The van der Waals surface area contributed by atoms with E-state index in [1.807, 2.05) is 0 Å². The number of hydrogen-bond acceptors (Lipinski definition) is 4. The van der Waals surface area contributed by atoms with E-state index in [1.54, 1.807) is 18.2 Å². The van der Waals surface area contributed by atoms with Gasteiger partial charge in [-0.15, -0.1) is 23.2 Å². The molecule has 1 fully saturated rings. The lowest BCUT2D eigenvalue weighted by molar-refractivity contribution is -0.122. The molecule has 4 rings (SSSR count). The maximum atomic E-state index is 13.7. The fraction of sp³-hybridized carbons (Fsp3) is 0.217. The molecule has 8 heteroatoms. The van der Waals surface area contributed by atoms with Crippen LogP contribution in [0.1, 0.15) is 17.9 Å². The van der Waals surface area contributed by atoms with Gasteiger partial charge in [-0.25, -0.2) is 9.29 Å². The molecule has 2 aromatic rings. The zero-order chi connectivity index (χ0) is 22.6. The van der Waals surface area contributed by atoms with Crippen molar-refractivity contribution in [1.82, 2.24) is 0 Å². The molecule has 2 aromatic carbocycles. The zero-order valence-electron chi connectivity index (χ0n) is 16.4. The molecule has 0 radical (unpaired) electrons. The highest BCUT2D eigenvalue weighted by Crippen LogP contribution is 2.60. The number of benzene rings is 2. The molecule has 2 aliphatic rings. The van der Waals surface area contributed by atoms with Crippen molar-refractivity contribution in [3.05, 3.63) is 78.1 Å². The van der Waals surface area contributed by atoms with E-state index >= 15 is 0 Å². The quantitative estimate of drug-likeness (QED) is 0.530. The van der Waals surface area contributed by atoms with Crippen LogP contribution >= 0.6 is 23.2 Å². The van der Waals surface area contributed by atoms with E-state index in [2.05, 4.69) is 6.58 Å². The third-order valence-corrected chi connectivity index (χ3v) is 7.25. The Morgan fingerprint density at radius 3 is 2.48 bits per heavy atom. The number of ether oxygens (including phenoxy) is 1. The Hall–Kier alpha value is -2.83. The summed E-state index contributed by atoms with van der Waals surface area (Å²) in [5.74, 6) is -2.59. The molecule has 31 heavy (non-hydrogen) atoms. The molecule has 1 heterocycles. The van der Waals surface area contributed by atoms with Crippen LogP contribution in [0.4, 0.5) is 10.1 Å². The van der Waals surface area contributed by atoms with Crippen LogP contribution in [-0.4, -0.2) is 33.8 Å². The van der Waals surface area contributed by atoms with Gasteiger partial charge in [0.1, 0.15) is 17.3 Å². The van der Waals surface area contributed by atoms with Crippen LogP contribution in [0.2, 0.25) is 0 Å². The molecule has 0 saturated carbocycles. The van der Waals surface area contributed by atoms with Crippen molar-refractivity contribution in [1.29, 1.82) is 0 Å². The normalized spacial score (nSPS) is 27.7. The second-order valence-electron chi connectivity index (χ2n) is 7.41. The predicted octanol–water partition coefficient (Wildman–Crippen LogP) is 4.67. The first kappa shape index (κ1) is 21.4. The van der Waals surface area contributed by atoms with Crippen molar-refractivity contribution in [2.45, 2.75) is 22.1 Å². The van der Waals surface area contributed by atoms with Gasteiger partial charge in [0.05, 0.1) is 12.8 Å². The second-order valence-corrected chi connectivity index (χ2v) is 8.65. The summed E-state index contributed by atoms with van der Waals surface area (Å²) in [6.07, 6.45) is 3.27. The number of phenols is 1. The monoisotopic (exact) mass is 461 g/mol. The minimum Gasteiger partial charge on any atom is -0.508 e. The number of alkyl halides is 2. The molecule has 2 amide bonds. The van der Waals surface area contributed by atoms with Gasteiger partial charge in [0.2, 0.25) is 0 Å². The number of carbonyl (C=O) groups excluding carboxylic acids is 2. The van der Waals surface area contributed by atoms with Crippen molar-refractivity contribution in [3.63, 3.8) is 0 Å². The standard InChI is InChI=1S/C23H18Cl2FNO4/c1-3-13-10-11-22(24)20(29)27(15-6-4-14(26)5-7-15)21(30)23(22,25)19(13)17-9-8-16(28)12-18(17)31-2/h3-10,12,19,28H,1,11H2,2H3/t19-,22-,23+/m1/s1. The number of rotatable bonds is 4. The molecular formula is C23H18Cl2FNO4. The Labute approximate surface area is 188 Å². The number of carbonyl (C=O) groups is 2. The lowest BCUT2D eigenvalue weighted by atomic mass is 9.68. The molecule has 160 valence electrons. The number of hydrogen-bond donors (Lipinski definition) is 1. The van der Waals surface area contributed by atoms with Gasteiger partial charge in [-0.2, -0.15) is 0 Å². The fourth-order valence-corrected chi connectivity index (χ4v) is 5.15. The van der Waals surface area contributed by atoms with E-state index in [0.717, 1.165) is 17.0 Å². The van der Waals surface area contributed by atoms with E-state index in [1.165, 1.54) is 31.4 Å². The number of halogens is 3. The molecule has 1 N–H and O–H groups in total. The van der Waals surface area contributed by atoms with Crippen LogP contribution in [-0.2, 0) is 9.59 Å². The molecule has 5 nitrogen and oxygen atoms in total. The number of fused-ring (bicyclic) bond motifs is 1. The zero-order valence-corrected chi connectivity index (χ0v) is 18.0. The average Bonchev–Trinajstić information content (AvgIpc) is 2.91. The van der Waals surface area contributed by atoms with Crippen LogP contribution < -0.4 is 9.64 Å². The Kier molecular flexibility index (Phi) is 5.10. The van der Waals surface area contributed by atoms with Gasteiger partial charge in [0.15, 0.2) is 9.75 Å². The van der Waals surface area contributed by atoms with Gasteiger partial charge in [-0.05, 0) is 42.3 Å². The average molecular weight is 462 g/mol. The molecule has 0 bridgehead atoms. The van der Waals surface area contributed by atoms with Crippen molar-refractivity contribution >= 4 is 40.7 Å². The SMILES string of the molecule is C=CC1=CC[C@@]2(Cl)C(=O)N(c3ccc(F)cc3)C(=O)[C@@]2(Cl)[C@H]1c1ccc(O)cc1OC. The van der Waals surface area contributed by atoms with Crippen molar-refractivity contribution in [2.24, 2.45) is 0 Å². The summed E-state index contributed by atoms with van der Waals surface area (Å²) in [6, 6.07) is 9.33. The molecule has 3 atom stereocenters. The summed E-state index contributed by atoms with van der Waals surface area (Å²) in [4.78, 5) is 24.3. The predicted molar refractivity (Wildman–Crippen MR) is 116 cm³/mol. The lowest BCUT2D eigenvalue weighted by Crippen LogP contribution is -2.54. The summed E-state index contributed by atoms with van der Waals surface area (Å²) in [5.41, 5.74) is 1.23. The van der Waals surface area contributed by atoms with Crippen molar-refractivity contribution in [2.75, 3.05) is 12.0 Å². The van der Waals surface area contributed by atoms with Crippen molar-refractivity contribution < 1.29 is 23.8 Å². The number of anilines is 1.